The number of para-hydroxylation sites is 1. The van der Waals surface area contributed by atoms with E-state index in [4.69, 9.17) is 0 Å². The summed E-state index contributed by atoms with van der Waals surface area (Å²) in [5.74, 6) is 0.331. The van der Waals surface area contributed by atoms with Gasteiger partial charge in [0.1, 0.15) is 5.82 Å². The van der Waals surface area contributed by atoms with E-state index in [0.29, 0.717) is 18.4 Å². The molecule has 4 nitrogen and oxygen atoms in total. The van der Waals surface area contributed by atoms with Gasteiger partial charge in [-0.2, -0.15) is 0 Å². The number of anilines is 2. The molecule has 0 bridgehead atoms. The summed E-state index contributed by atoms with van der Waals surface area (Å²) in [7, 11) is 0. The quantitative estimate of drug-likeness (QED) is 0.828. The van der Waals surface area contributed by atoms with E-state index in [1.165, 1.54) is 35.5 Å². The Morgan fingerprint density at radius 2 is 2.00 bits per heavy atom. The lowest BCUT2D eigenvalue weighted by Crippen LogP contribution is -2.48. The molecule has 2 N–H and O–H groups in total. The molecule has 1 saturated heterocycles. The van der Waals surface area contributed by atoms with E-state index >= 15 is 0 Å². The summed E-state index contributed by atoms with van der Waals surface area (Å²) in [6, 6.07) is 13.5. The molecule has 3 aliphatic heterocycles. The largest absolute Gasteiger partial charge is 0.388 e. The summed E-state index contributed by atoms with van der Waals surface area (Å²) in [4.78, 5) is 5.20. The molecular weight excluding hydrogens is 353 g/mol. The van der Waals surface area contributed by atoms with Crippen LogP contribution >= 0.6 is 0 Å². The third-order valence-corrected chi connectivity index (χ3v) is 6.69. The molecule has 2 aromatic rings. The van der Waals surface area contributed by atoms with E-state index in [0.717, 1.165) is 44.7 Å². The maximum absolute atomic E-state index is 13.0. The van der Waals surface area contributed by atoms with Crippen molar-refractivity contribution in [1.82, 2.24) is 4.90 Å². The van der Waals surface area contributed by atoms with E-state index in [1.54, 1.807) is 12.1 Å². The molecule has 0 radical (unpaired) electrons. The standard InChI is InChI=1S/C23H28FN3O/c24-17-8-6-16(7-9-17)22(28)5-2-12-26-13-10-21-19(15-26)18-3-1-4-20-23(18)27(21)14-11-25-20/h1,3-4,6-9,19,21-22,25,28H,2,5,10-15H2. The highest BCUT2D eigenvalue weighted by Gasteiger charge is 2.43. The molecule has 0 aromatic heterocycles. The van der Waals surface area contributed by atoms with Crippen LogP contribution in [0, 0.1) is 5.82 Å². The van der Waals surface area contributed by atoms with Gasteiger partial charge in [0.15, 0.2) is 0 Å². The minimum Gasteiger partial charge on any atom is -0.388 e. The average Bonchev–Trinajstić information content (AvgIpc) is 3.04. The van der Waals surface area contributed by atoms with E-state index in [-0.39, 0.29) is 5.82 Å². The summed E-state index contributed by atoms with van der Waals surface area (Å²) in [5, 5.41) is 13.9. The number of hydrogen-bond donors (Lipinski definition) is 2. The molecule has 3 unspecified atom stereocenters. The number of aliphatic hydroxyl groups excluding tert-OH is 1. The molecular formula is C23H28FN3O. The molecule has 0 saturated carbocycles. The smallest absolute Gasteiger partial charge is 0.123 e. The van der Waals surface area contributed by atoms with Gasteiger partial charge in [-0.05, 0) is 55.1 Å². The number of benzene rings is 2. The predicted molar refractivity (Wildman–Crippen MR) is 110 cm³/mol. The number of aliphatic hydroxyl groups is 1. The van der Waals surface area contributed by atoms with Crippen LogP contribution in [-0.4, -0.2) is 48.8 Å². The highest BCUT2D eigenvalue weighted by molar-refractivity contribution is 5.80. The fraction of sp³-hybridized carbons (Fsp3) is 0.478. The van der Waals surface area contributed by atoms with Crippen LogP contribution in [0.25, 0.3) is 0 Å². The Bertz CT molecular complexity index is 840. The number of halogens is 1. The van der Waals surface area contributed by atoms with Crippen molar-refractivity contribution >= 4 is 11.4 Å². The van der Waals surface area contributed by atoms with Gasteiger partial charge in [-0.15, -0.1) is 0 Å². The van der Waals surface area contributed by atoms with Crippen LogP contribution in [0.1, 0.15) is 42.4 Å². The summed E-state index contributed by atoms with van der Waals surface area (Å²) >= 11 is 0. The van der Waals surface area contributed by atoms with Gasteiger partial charge in [-0.25, -0.2) is 4.39 Å². The van der Waals surface area contributed by atoms with Gasteiger partial charge in [-0.3, -0.25) is 0 Å². The Labute approximate surface area is 166 Å². The Balaban J connectivity index is 1.20. The summed E-state index contributed by atoms with van der Waals surface area (Å²) in [6.45, 7) is 5.37. The van der Waals surface area contributed by atoms with Crippen molar-refractivity contribution in [3.05, 3.63) is 59.4 Å². The van der Waals surface area contributed by atoms with Crippen LogP contribution in [0.5, 0.6) is 0 Å². The Hall–Kier alpha value is -2.11. The van der Waals surface area contributed by atoms with Crippen molar-refractivity contribution in [1.29, 1.82) is 0 Å². The second-order valence-corrected chi connectivity index (χ2v) is 8.34. The van der Waals surface area contributed by atoms with E-state index < -0.39 is 6.10 Å². The first-order valence-corrected chi connectivity index (χ1v) is 10.5. The zero-order chi connectivity index (χ0) is 19.1. The second-order valence-electron chi connectivity index (χ2n) is 8.34. The van der Waals surface area contributed by atoms with Crippen molar-refractivity contribution in [3.63, 3.8) is 0 Å². The van der Waals surface area contributed by atoms with Crippen molar-refractivity contribution in [2.75, 3.05) is 42.9 Å². The molecule has 2 aromatic carbocycles. The molecule has 28 heavy (non-hydrogen) atoms. The first kappa shape index (κ1) is 18.0. The molecule has 5 rings (SSSR count). The third kappa shape index (κ3) is 3.16. The van der Waals surface area contributed by atoms with Crippen LogP contribution in [-0.2, 0) is 0 Å². The van der Waals surface area contributed by atoms with Crippen molar-refractivity contribution in [2.45, 2.75) is 37.3 Å². The topological polar surface area (TPSA) is 38.7 Å². The van der Waals surface area contributed by atoms with Crippen LogP contribution in [0.2, 0.25) is 0 Å². The average molecular weight is 381 g/mol. The fourth-order valence-electron chi connectivity index (χ4n) is 5.33. The van der Waals surface area contributed by atoms with Crippen LogP contribution < -0.4 is 10.2 Å². The second kappa shape index (κ2) is 7.37. The van der Waals surface area contributed by atoms with Gasteiger partial charge in [0.25, 0.3) is 0 Å². The highest BCUT2D eigenvalue weighted by atomic mass is 19.1. The molecule has 0 amide bonds. The minimum atomic E-state index is -0.511. The molecule has 3 atom stereocenters. The number of piperidine rings is 1. The van der Waals surface area contributed by atoms with Gasteiger partial charge >= 0.3 is 0 Å². The molecule has 0 spiro atoms. The molecule has 5 heteroatoms. The number of fused-ring (bicyclic) bond motifs is 3. The number of nitrogens with zero attached hydrogens (tertiary/aromatic N) is 2. The summed E-state index contributed by atoms with van der Waals surface area (Å²) < 4.78 is 13.0. The highest BCUT2D eigenvalue weighted by Crippen LogP contribution is 2.49. The number of hydrogen-bond acceptors (Lipinski definition) is 4. The number of rotatable bonds is 5. The maximum Gasteiger partial charge on any atom is 0.123 e. The number of likely N-dealkylation sites (tertiary alicyclic amines) is 1. The van der Waals surface area contributed by atoms with Gasteiger partial charge in [-0.1, -0.05) is 24.3 Å². The van der Waals surface area contributed by atoms with Gasteiger partial charge in [0, 0.05) is 38.1 Å². The summed E-state index contributed by atoms with van der Waals surface area (Å²) in [5.41, 5.74) is 5.05. The third-order valence-electron chi connectivity index (χ3n) is 6.69. The Morgan fingerprint density at radius 3 is 2.86 bits per heavy atom. The van der Waals surface area contributed by atoms with Crippen LogP contribution in [0.3, 0.4) is 0 Å². The summed E-state index contributed by atoms with van der Waals surface area (Å²) in [6.07, 6.45) is 2.36. The zero-order valence-corrected chi connectivity index (χ0v) is 16.1. The van der Waals surface area contributed by atoms with E-state index in [2.05, 4.69) is 33.3 Å². The fourth-order valence-corrected chi connectivity index (χ4v) is 5.33. The van der Waals surface area contributed by atoms with Gasteiger partial charge in [0.05, 0.1) is 17.5 Å². The minimum absolute atomic E-state index is 0.257. The predicted octanol–water partition coefficient (Wildman–Crippen LogP) is 3.74. The Morgan fingerprint density at radius 1 is 1.14 bits per heavy atom. The monoisotopic (exact) mass is 381 g/mol. The van der Waals surface area contributed by atoms with Gasteiger partial charge in [0.2, 0.25) is 0 Å². The zero-order valence-electron chi connectivity index (χ0n) is 16.1. The SMILES string of the molecule is OC(CCCN1CCC2C(C1)c1cccc3c1N2CCN3)c1ccc(F)cc1. The van der Waals surface area contributed by atoms with E-state index in [1.807, 2.05) is 0 Å². The molecule has 148 valence electrons. The lowest BCUT2D eigenvalue weighted by atomic mass is 9.89. The van der Waals surface area contributed by atoms with Crippen molar-refractivity contribution < 1.29 is 9.50 Å². The lowest BCUT2D eigenvalue weighted by Gasteiger charge is -2.40. The molecule has 1 fully saturated rings. The normalized spacial score (nSPS) is 24.4. The first-order chi connectivity index (χ1) is 13.7. The molecule has 3 aliphatic rings. The van der Waals surface area contributed by atoms with Crippen molar-refractivity contribution in [3.8, 4) is 0 Å². The van der Waals surface area contributed by atoms with Crippen LogP contribution in [0.15, 0.2) is 42.5 Å². The molecule has 0 aliphatic carbocycles. The number of nitrogens with one attached hydrogen (secondary N) is 1. The first-order valence-electron chi connectivity index (χ1n) is 10.5. The maximum atomic E-state index is 13.0. The van der Waals surface area contributed by atoms with Gasteiger partial charge < -0.3 is 20.2 Å². The lowest BCUT2D eigenvalue weighted by molar-refractivity contribution is 0.144. The van der Waals surface area contributed by atoms with Crippen LogP contribution in [0.4, 0.5) is 15.8 Å². The van der Waals surface area contributed by atoms with Crippen molar-refractivity contribution in [2.24, 2.45) is 0 Å². The molecule has 3 heterocycles. The van der Waals surface area contributed by atoms with E-state index in [9.17, 15) is 9.50 Å². The Kier molecular flexibility index (Phi) is 4.73.